The van der Waals surface area contributed by atoms with Crippen LogP contribution in [0.1, 0.15) is 24.2 Å². The molecule has 7 heteroatoms. The third-order valence-electron chi connectivity index (χ3n) is 5.69. The van der Waals surface area contributed by atoms with Crippen LogP contribution in [0.15, 0.2) is 36.3 Å². The molecular weight excluding hydrogens is 334 g/mol. The third kappa shape index (κ3) is 1.88. The first-order chi connectivity index (χ1) is 12.6. The molecule has 4 heterocycles. The molecule has 26 heavy (non-hydrogen) atoms. The summed E-state index contributed by atoms with van der Waals surface area (Å²) < 4.78 is 10.5. The molecule has 0 spiro atoms. The Hall–Kier alpha value is -2.96. The number of para-hydroxylation sites is 1. The fraction of sp³-hybridized carbons (Fsp3) is 0.368. The number of H-pyrrole nitrogens is 1. The maximum absolute atomic E-state index is 13.3. The summed E-state index contributed by atoms with van der Waals surface area (Å²) in [6.45, 7) is 2.04. The summed E-state index contributed by atoms with van der Waals surface area (Å²) >= 11 is 0. The van der Waals surface area contributed by atoms with E-state index < -0.39 is 12.1 Å². The highest BCUT2D eigenvalue weighted by molar-refractivity contribution is 6.00. The van der Waals surface area contributed by atoms with E-state index >= 15 is 0 Å². The van der Waals surface area contributed by atoms with E-state index in [0.29, 0.717) is 12.2 Å². The number of nitrogens with zero attached hydrogens (tertiary/aromatic N) is 2. The number of carbonyl (C=O) groups is 2. The van der Waals surface area contributed by atoms with Gasteiger partial charge in [-0.1, -0.05) is 18.2 Å². The molecule has 3 aliphatic rings. The van der Waals surface area contributed by atoms with Gasteiger partial charge in [-0.05, 0) is 18.6 Å². The molecule has 1 saturated heterocycles. The van der Waals surface area contributed by atoms with Crippen LogP contribution in [-0.2, 0) is 25.5 Å². The van der Waals surface area contributed by atoms with E-state index in [-0.39, 0.29) is 24.6 Å². The predicted octanol–water partition coefficient (Wildman–Crippen LogP) is 1.67. The maximum atomic E-state index is 13.3. The minimum absolute atomic E-state index is 0.0752. The van der Waals surface area contributed by atoms with Crippen LogP contribution in [0.25, 0.3) is 10.9 Å². The zero-order valence-electron chi connectivity index (χ0n) is 14.6. The number of rotatable bonds is 1. The predicted molar refractivity (Wildman–Crippen MR) is 92.7 cm³/mol. The number of benzene rings is 1. The number of fused-ring (bicyclic) bond motifs is 4. The molecule has 0 aliphatic carbocycles. The molecule has 3 atom stereocenters. The van der Waals surface area contributed by atoms with Crippen LogP contribution in [0.3, 0.4) is 0 Å². The molecule has 0 bridgehead atoms. The van der Waals surface area contributed by atoms with Crippen LogP contribution >= 0.6 is 0 Å². The number of amides is 2. The summed E-state index contributed by atoms with van der Waals surface area (Å²) in [7, 11) is 1.65. The van der Waals surface area contributed by atoms with Crippen LogP contribution in [0, 0.1) is 0 Å². The standard InChI is InChI=1S/C19H19N3O4/c1-10-16-12(11-5-3-4-6-13(11)20-16)7-14-18(23)21(2)17(19(24)22(10)14)15-8-25-9-26-15/h3-6,8,10,14,17,20H,7,9H2,1-2H3. The van der Waals surface area contributed by atoms with Crippen molar-refractivity contribution in [2.45, 2.75) is 31.5 Å². The quantitative estimate of drug-likeness (QED) is 0.846. The van der Waals surface area contributed by atoms with Gasteiger partial charge in [0.05, 0.1) is 6.04 Å². The Labute approximate surface area is 150 Å². The van der Waals surface area contributed by atoms with E-state index in [2.05, 4.69) is 11.1 Å². The first-order valence-electron chi connectivity index (χ1n) is 8.70. The van der Waals surface area contributed by atoms with Crippen molar-refractivity contribution in [1.82, 2.24) is 14.8 Å². The highest BCUT2D eigenvalue weighted by atomic mass is 16.7. The van der Waals surface area contributed by atoms with Crippen LogP contribution in [0.4, 0.5) is 0 Å². The molecule has 3 aliphatic heterocycles. The second kappa shape index (κ2) is 5.27. The monoisotopic (exact) mass is 353 g/mol. The number of nitrogens with one attached hydrogen (secondary N) is 1. The Kier molecular flexibility index (Phi) is 3.10. The van der Waals surface area contributed by atoms with Crippen molar-refractivity contribution in [3.8, 4) is 0 Å². The van der Waals surface area contributed by atoms with Crippen molar-refractivity contribution >= 4 is 22.7 Å². The topological polar surface area (TPSA) is 74.9 Å². The van der Waals surface area contributed by atoms with E-state index in [1.807, 2.05) is 25.1 Å². The molecule has 1 aromatic carbocycles. The highest BCUT2D eigenvalue weighted by Gasteiger charge is 2.51. The van der Waals surface area contributed by atoms with Gasteiger partial charge in [-0.2, -0.15) is 0 Å². The zero-order valence-corrected chi connectivity index (χ0v) is 14.6. The number of aromatic amines is 1. The number of ether oxygens (including phenoxy) is 2. The molecule has 5 rings (SSSR count). The molecule has 1 fully saturated rings. The summed E-state index contributed by atoms with van der Waals surface area (Å²) in [5, 5.41) is 1.12. The van der Waals surface area contributed by atoms with Gasteiger partial charge in [0.2, 0.25) is 12.7 Å². The van der Waals surface area contributed by atoms with Crippen LogP contribution in [-0.4, -0.2) is 52.5 Å². The summed E-state index contributed by atoms with van der Waals surface area (Å²) in [4.78, 5) is 33.0. The Balaban J connectivity index is 1.62. The van der Waals surface area contributed by atoms with Crippen LogP contribution in [0.5, 0.6) is 0 Å². The lowest BCUT2D eigenvalue weighted by molar-refractivity contribution is -0.163. The van der Waals surface area contributed by atoms with Gasteiger partial charge in [0.15, 0.2) is 11.8 Å². The number of aromatic nitrogens is 1. The summed E-state index contributed by atoms with van der Waals surface area (Å²) in [5.74, 6) is 0.179. The molecule has 2 aromatic rings. The molecule has 134 valence electrons. The van der Waals surface area contributed by atoms with E-state index in [1.54, 1.807) is 11.9 Å². The number of piperazine rings is 1. The number of likely N-dealkylation sites (N-methyl/N-ethyl adjacent to an activating group) is 1. The van der Waals surface area contributed by atoms with Gasteiger partial charge in [0.25, 0.3) is 5.91 Å². The Morgan fingerprint density at radius 1 is 1.19 bits per heavy atom. The first-order valence-corrected chi connectivity index (χ1v) is 8.70. The molecule has 0 radical (unpaired) electrons. The third-order valence-corrected chi connectivity index (χ3v) is 5.69. The van der Waals surface area contributed by atoms with E-state index in [0.717, 1.165) is 22.2 Å². The van der Waals surface area contributed by atoms with Crippen molar-refractivity contribution in [2.24, 2.45) is 0 Å². The van der Waals surface area contributed by atoms with Crippen molar-refractivity contribution in [3.63, 3.8) is 0 Å². The van der Waals surface area contributed by atoms with Crippen molar-refractivity contribution in [2.75, 3.05) is 13.8 Å². The lowest BCUT2D eigenvalue weighted by Crippen LogP contribution is -2.66. The first kappa shape index (κ1) is 15.3. The minimum Gasteiger partial charge on any atom is -0.462 e. The van der Waals surface area contributed by atoms with Crippen LogP contribution < -0.4 is 0 Å². The number of hydrogen-bond donors (Lipinski definition) is 1. The fourth-order valence-electron chi connectivity index (χ4n) is 4.43. The fourth-order valence-corrected chi connectivity index (χ4v) is 4.43. The second-order valence-electron chi connectivity index (χ2n) is 7.00. The highest BCUT2D eigenvalue weighted by Crippen LogP contribution is 2.40. The molecule has 0 saturated carbocycles. The SMILES string of the molecule is CC1c2[nH]c3ccccc3c2CC2C(=O)N(C)C(C3=COCO3)C(=O)N21. The van der Waals surface area contributed by atoms with Gasteiger partial charge >= 0.3 is 0 Å². The van der Waals surface area contributed by atoms with Gasteiger partial charge in [-0.3, -0.25) is 9.59 Å². The van der Waals surface area contributed by atoms with Gasteiger partial charge < -0.3 is 24.3 Å². The summed E-state index contributed by atoms with van der Waals surface area (Å²) in [5.41, 5.74) is 3.16. The molecular formula is C19H19N3O4. The van der Waals surface area contributed by atoms with Gasteiger partial charge in [0, 0.05) is 30.1 Å². The summed E-state index contributed by atoms with van der Waals surface area (Å²) in [6, 6.07) is 6.57. The Bertz CT molecular complexity index is 963. The number of hydrogen-bond acceptors (Lipinski definition) is 4. The zero-order chi connectivity index (χ0) is 18.0. The van der Waals surface area contributed by atoms with E-state index in [9.17, 15) is 9.59 Å². The number of carbonyl (C=O) groups excluding carboxylic acids is 2. The Morgan fingerprint density at radius 2 is 2.00 bits per heavy atom. The van der Waals surface area contributed by atoms with Gasteiger partial charge in [-0.15, -0.1) is 0 Å². The van der Waals surface area contributed by atoms with Gasteiger partial charge in [0.1, 0.15) is 12.3 Å². The molecule has 1 N–H and O–H groups in total. The molecule has 2 amide bonds. The second-order valence-corrected chi connectivity index (χ2v) is 7.00. The Morgan fingerprint density at radius 3 is 2.77 bits per heavy atom. The lowest BCUT2D eigenvalue weighted by atomic mass is 9.88. The van der Waals surface area contributed by atoms with E-state index in [4.69, 9.17) is 9.47 Å². The normalized spacial score (nSPS) is 27.8. The van der Waals surface area contributed by atoms with Crippen molar-refractivity contribution < 1.29 is 19.1 Å². The minimum atomic E-state index is -0.769. The molecule has 7 nitrogen and oxygen atoms in total. The summed E-state index contributed by atoms with van der Waals surface area (Å²) in [6.07, 6.45) is 1.94. The molecule has 1 aromatic heterocycles. The molecule has 3 unspecified atom stereocenters. The average molecular weight is 353 g/mol. The van der Waals surface area contributed by atoms with Crippen LogP contribution in [0.2, 0.25) is 0 Å². The maximum Gasteiger partial charge on any atom is 0.254 e. The van der Waals surface area contributed by atoms with Crippen molar-refractivity contribution in [3.05, 3.63) is 47.5 Å². The average Bonchev–Trinajstić information content (AvgIpc) is 3.28. The lowest BCUT2D eigenvalue weighted by Gasteiger charge is -2.48. The smallest absolute Gasteiger partial charge is 0.254 e. The van der Waals surface area contributed by atoms with Crippen molar-refractivity contribution in [1.29, 1.82) is 0 Å². The van der Waals surface area contributed by atoms with Gasteiger partial charge in [-0.25, -0.2) is 0 Å². The van der Waals surface area contributed by atoms with E-state index in [1.165, 1.54) is 11.2 Å². The largest absolute Gasteiger partial charge is 0.462 e.